The molecule has 0 saturated carbocycles. The smallest absolute Gasteiger partial charge is 0.248 e. The Balaban J connectivity index is 1.88. The lowest BCUT2D eigenvalue weighted by molar-refractivity contribution is -0.115. The number of carbonyl (C=O) groups is 1. The van der Waals surface area contributed by atoms with Gasteiger partial charge >= 0.3 is 0 Å². The molecule has 0 radical (unpaired) electrons. The molecule has 3 aromatic rings. The van der Waals surface area contributed by atoms with E-state index in [1.54, 1.807) is 48.0 Å². The molecule has 0 spiro atoms. The Morgan fingerprint density at radius 2 is 2.00 bits per heavy atom. The number of nitrogens with zero attached hydrogens (tertiary/aromatic N) is 3. The van der Waals surface area contributed by atoms with Gasteiger partial charge in [0.1, 0.15) is 11.8 Å². The Hall–Kier alpha value is -3.32. The van der Waals surface area contributed by atoms with Crippen molar-refractivity contribution >= 4 is 23.5 Å². The van der Waals surface area contributed by atoms with Crippen LogP contribution in [0, 0.1) is 0 Å². The van der Waals surface area contributed by atoms with Gasteiger partial charge in [-0.05, 0) is 48.9 Å². The molecule has 0 unspecified atom stereocenters. The molecule has 4 rings (SSSR count). The molecule has 27 heavy (non-hydrogen) atoms. The van der Waals surface area contributed by atoms with Crippen LogP contribution in [0.15, 0.2) is 59.8 Å². The number of carbonyl (C=O) groups excluding carboxylic acids is 1. The summed E-state index contributed by atoms with van der Waals surface area (Å²) in [5, 5.41) is 18.2. The van der Waals surface area contributed by atoms with Crippen molar-refractivity contribution in [2.75, 3.05) is 5.32 Å². The summed E-state index contributed by atoms with van der Waals surface area (Å²) in [6.45, 7) is 1.76. The van der Waals surface area contributed by atoms with Gasteiger partial charge in [-0.25, -0.2) is 4.68 Å². The molecule has 1 aliphatic rings. The Morgan fingerprint density at radius 3 is 2.67 bits per heavy atom. The molecule has 0 fully saturated rings. The number of amides is 1. The van der Waals surface area contributed by atoms with Crippen molar-refractivity contribution in [2.45, 2.75) is 13.0 Å². The molecule has 1 aliphatic heterocycles. The second-order valence-corrected chi connectivity index (χ2v) is 6.67. The summed E-state index contributed by atoms with van der Waals surface area (Å²) in [7, 11) is 0. The van der Waals surface area contributed by atoms with Crippen LogP contribution in [-0.4, -0.2) is 25.8 Å². The summed E-state index contributed by atoms with van der Waals surface area (Å²) < 4.78 is 1.60. The van der Waals surface area contributed by atoms with Crippen molar-refractivity contribution in [3.05, 3.63) is 70.4 Å². The number of anilines is 1. The van der Waals surface area contributed by atoms with E-state index in [0.29, 0.717) is 33.6 Å². The van der Waals surface area contributed by atoms with Gasteiger partial charge in [0, 0.05) is 16.3 Å². The number of rotatable bonds is 3. The average Bonchev–Trinajstić information content (AvgIpc) is 3.04. The fraction of sp³-hybridized carbons (Fsp3) is 0.105. The van der Waals surface area contributed by atoms with E-state index in [1.807, 2.05) is 12.1 Å². The molecule has 0 bridgehead atoms. The SMILES string of the molecule is CC1=C(C(N)=O)[C@@H](c2cccc(O)c2)n2nc(-c3ccc(Cl)cc3)nc2N1. The van der Waals surface area contributed by atoms with Crippen LogP contribution in [0.1, 0.15) is 18.5 Å². The average molecular weight is 382 g/mol. The van der Waals surface area contributed by atoms with Gasteiger partial charge in [-0.1, -0.05) is 23.7 Å². The Kier molecular flexibility index (Phi) is 4.08. The van der Waals surface area contributed by atoms with Gasteiger partial charge in [-0.3, -0.25) is 4.79 Å². The lowest BCUT2D eigenvalue weighted by Gasteiger charge is -2.27. The van der Waals surface area contributed by atoms with E-state index in [1.165, 1.54) is 0 Å². The normalized spacial score (nSPS) is 16.0. The van der Waals surface area contributed by atoms with Crippen LogP contribution in [0.3, 0.4) is 0 Å². The first-order valence-electron chi connectivity index (χ1n) is 8.23. The van der Waals surface area contributed by atoms with Crippen molar-refractivity contribution in [1.29, 1.82) is 0 Å². The van der Waals surface area contributed by atoms with Crippen molar-refractivity contribution in [1.82, 2.24) is 14.8 Å². The topological polar surface area (TPSA) is 106 Å². The van der Waals surface area contributed by atoms with Crippen LogP contribution in [0.25, 0.3) is 11.4 Å². The zero-order valence-corrected chi connectivity index (χ0v) is 15.1. The van der Waals surface area contributed by atoms with Crippen LogP contribution in [0.4, 0.5) is 5.95 Å². The summed E-state index contributed by atoms with van der Waals surface area (Å²) >= 11 is 5.95. The van der Waals surface area contributed by atoms with Gasteiger partial charge in [-0.2, -0.15) is 4.98 Å². The van der Waals surface area contributed by atoms with Gasteiger partial charge in [-0.15, -0.1) is 5.10 Å². The second-order valence-electron chi connectivity index (χ2n) is 6.24. The predicted molar refractivity (Wildman–Crippen MR) is 102 cm³/mol. The van der Waals surface area contributed by atoms with Crippen molar-refractivity contribution < 1.29 is 9.90 Å². The summed E-state index contributed by atoms with van der Waals surface area (Å²) in [6, 6.07) is 13.2. The number of allylic oxidation sites excluding steroid dienone is 1. The number of phenols is 1. The molecular formula is C19H16ClN5O2. The number of nitrogens with two attached hydrogens (primary N) is 1. The van der Waals surface area contributed by atoms with E-state index in [9.17, 15) is 9.90 Å². The third-order valence-electron chi connectivity index (χ3n) is 4.41. The van der Waals surface area contributed by atoms with Crippen LogP contribution in [0.2, 0.25) is 5.02 Å². The third kappa shape index (κ3) is 3.02. The minimum absolute atomic E-state index is 0.0899. The minimum Gasteiger partial charge on any atom is -0.508 e. The maximum atomic E-state index is 12.1. The highest BCUT2D eigenvalue weighted by Crippen LogP contribution is 2.36. The quantitative estimate of drug-likeness (QED) is 0.646. The number of hydrogen-bond acceptors (Lipinski definition) is 5. The standard InChI is InChI=1S/C19H16ClN5O2/c1-10-15(17(21)27)16(12-3-2-4-14(26)9-12)25-19(22-10)23-18(24-25)11-5-7-13(20)8-6-11/h2-9,16,26H,1H3,(H2,21,27)(H,22,23,24)/t16-/m1/s1. The maximum absolute atomic E-state index is 12.1. The van der Waals surface area contributed by atoms with E-state index in [-0.39, 0.29) is 5.75 Å². The monoisotopic (exact) mass is 381 g/mol. The number of primary amides is 1. The first kappa shape index (κ1) is 17.1. The molecule has 0 aliphatic carbocycles. The van der Waals surface area contributed by atoms with E-state index in [4.69, 9.17) is 17.3 Å². The van der Waals surface area contributed by atoms with Gasteiger partial charge in [0.2, 0.25) is 11.9 Å². The number of fused-ring (bicyclic) bond motifs is 1. The summed E-state index contributed by atoms with van der Waals surface area (Å²) in [6.07, 6.45) is 0. The molecule has 2 aromatic carbocycles. The lowest BCUT2D eigenvalue weighted by Crippen LogP contribution is -2.31. The number of benzene rings is 2. The van der Waals surface area contributed by atoms with E-state index < -0.39 is 11.9 Å². The summed E-state index contributed by atoms with van der Waals surface area (Å²) in [4.78, 5) is 16.7. The molecular weight excluding hydrogens is 366 g/mol. The van der Waals surface area contributed by atoms with E-state index >= 15 is 0 Å². The molecule has 8 heteroatoms. The minimum atomic E-state index is -0.598. The first-order chi connectivity index (χ1) is 12.9. The largest absolute Gasteiger partial charge is 0.508 e. The predicted octanol–water partition coefficient (Wildman–Crippen LogP) is 3.08. The number of hydrogen-bond donors (Lipinski definition) is 3. The Morgan fingerprint density at radius 1 is 1.26 bits per heavy atom. The van der Waals surface area contributed by atoms with Crippen molar-refractivity contribution in [3.63, 3.8) is 0 Å². The lowest BCUT2D eigenvalue weighted by atomic mass is 9.95. The molecule has 1 atom stereocenters. The highest BCUT2D eigenvalue weighted by atomic mass is 35.5. The molecule has 0 saturated heterocycles. The zero-order valence-electron chi connectivity index (χ0n) is 14.3. The number of halogens is 1. The molecule has 2 heterocycles. The summed E-state index contributed by atoms with van der Waals surface area (Å²) in [5.41, 5.74) is 8.06. The Labute approximate surface area is 160 Å². The second kappa shape index (κ2) is 6.44. The molecule has 136 valence electrons. The highest BCUT2D eigenvalue weighted by molar-refractivity contribution is 6.30. The van der Waals surface area contributed by atoms with Gasteiger partial charge < -0.3 is 16.2 Å². The maximum Gasteiger partial charge on any atom is 0.248 e. The molecule has 7 nitrogen and oxygen atoms in total. The van der Waals surface area contributed by atoms with E-state index in [2.05, 4.69) is 15.4 Å². The Bertz CT molecular complexity index is 1070. The zero-order chi connectivity index (χ0) is 19.1. The van der Waals surface area contributed by atoms with Crippen LogP contribution >= 0.6 is 11.6 Å². The number of aromatic nitrogens is 3. The van der Waals surface area contributed by atoms with Gasteiger partial charge in [0.15, 0.2) is 5.82 Å². The van der Waals surface area contributed by atoms with Crippen LogP contribution in [0.5, 0.6) is 5.75 Å². The number of aromatic hydroxyl groups is 1. The fourth-order valence-electron chi connectivity index (χ4n) is 3.19. The van der Waals surface area contributed by atoms with Gasteiger partial charge in [0.25, 0.3) is 0 Å². The number of phenolic OH excluding ortho intramolecular Hbond substituents is 1. The van der Waals surface area contributed by atoms with Gasteiger partial charge in [0.05, 0.1) is 5.57 Å². The third-order valence-corrected chi connectivity index (χ3v) is 4.66. The van der Waals surface area contributed by atoms with Crippen LogP contribution in [-0.2, 0) is 4.79 Å². The van der Waals surface area contributed by atoms with Crippen molar-refractivity contribution in [2.24, 2.45) is 5.73 Å². The highest BCUT2D eigenvalue weighted by Gasteiger charge is 2.33. The molecule has 1 aromatic heterocycles. The molecule has 1 amide bonds. The van der Waals surface area contributed by atoms with Crippen molar-refractivity contribution in [3.8, 4) is 17.1 Å². The number of nitrogens with one attached hydrogen (secondary N) is 1. The first-order valence-corrected chi connectivity index (χ1v) is 8.61. The molecule has 4 N–H and O–H groups in total. The summed E-state index contributed by atoms with van der Waals surface area (Å²) in [5.74, 6) is 0.489. The van der Waals surface area contributed by atoms with Crippen LogP contribution < -0.4 is 11.1 Å². The van der Waals surface area contributed by atoms with E-state index in [0.717, 1.165) is 5.56 Å². The fourth-order valence-corrected chi connectivity index (χ4v) is 3.32.